The van der Waals surface area contributed by atoms with Gasteiger partial charge in [0.2, 0.25) is 19.7 Å². The normalized spacial score (nSPS) is 16.8. The van der Waals surface area contributed by atoms with Gasteiger partial charge in [-0.05, 0) is 285 Å². The first-order valence-corrected chi connectivity index (χ1v) is 85.9. The number of nitrogens with zero attached hydrogens (tertiary/aromatic N) is 2. The summed E-state index contributed by atoms with van der Waals surface area (Å²) in [5.74, 6) is -0.487. The molecule has 1 fully saturated rings. The van der Waals surface area contributed by atoms with Crippen molar-refractivity contribution in [2.24, 2.45) is 0 Å². The quantitative estimate of drug-likeness (QED) is 0.0723. The van der Waals surface area contributed by atoms with Gasteiger partial charge in [-0.15, -0.1) is 107 Å². The number of carbonyl (C=O) groups excluding carboxylic acids is 2. The Kier molecular flexibility index (Phi) is 33.4. The van der Waals surface area contributed by atoms with E-state index in [9.17, 15) is 26.4 Å². The lowest BCUT2D eigenvalue weighted by molar-refractivity contribution is 0.00578. The molecule has 12 unspecified atom stereocenters. The van der Waals surface area contributed by atoms with Crippen molar-refractivity contribution in [1.29, 1.82) is 0 Å². The maximum absolute atomic E-state index is 14.4. The third-order valence-electron chi connectivity index (χ3n) is 25.6. The number of para-hydroxylation sites is 4. The van der Waals surface area contributed by atoms with Crippen molar-refractivity contribution in [1.82, 2.24) is 0 Å². The second-order valence-corrected chi connectivity index (χ2v) is 128. The summed E-state index contributed by atoms with van der Waals surface area (Å²) in [5.41, 5.74) is 22.8. The zero-order valence-electron chi connectivity index (χ0n) is 74.5. The predicted octanol–water partition coefficient (Wildman–Crippen LogP) is 35.5. The van der Waals surface area contributed by atoms with E-state index in [1.807, 2.05) is 18.2 Å². The van der Waals surface area contributed by atoms with Crippen LogP contribution in [0.25, 0.3) is 22.3 Å². The largest absolute Gasteiger partial charge is 0.494 e. The highest BCUT2D eigenvalue weighted by Gasteiger charge is 2.53. The van der Waals surface area contributed by atoms with E-state index in [4.69, 9.17) is 9.31 Å². The molecule has 1 aliphatic carbocycles. The summed E-state index contributed by atoms with van der Waals surface area (Å²) in [6.45, 7) is 22.6. The summed E-state index contributed by atoms with van der Waals surface area (Å²) in [6.07, 6.45) is 0. The van der Waals surface area contributed by atoms with Crippen LogP contribution in [-0.2, 0) is 45.2 Å². The van der Waals surface area contributed by atoms with Crippen LogP contribution in [0.1, 0.15) is 157 Å². The van der Waals surface area contributed by atoms with Crippen LogP contribution in [0.2, 0.25) is 0 Å². The van der Waals surface area contributed by atoms with E-state index < -0.39 is 19.7 Å². The molecule has 0 amide bonds. The SMILES string of the molecule is CC1(C)c2ccccc2C(c2ccc(-c3ccc4c(c3)C(=O)c3cc(-c5ccc(N6c7ccccc7C(C)(C)c7ccccc76)cc5)ccc3S4(=O)=O)cc2)c2ccccc21.CC1(C)c2ccccc2N(c2ccc(B3OC(C)(C)C(C)(C)O3)cc2)c2ccccc21.O=C1c2cc(Br)ccc2S(=O)(=O)c2ccc(Br)cc21.PP(P)P(P(P)P)P(P(P(P)P)P(P)P)P(P(P)P)P(P)P. The van der Waals surface area contributed by atoms with Crippen LogP contribution in [0.5, 0.6) is 0 Å². The van der Waals surface area contributed by atoms with Gasteiger partial charge in [0, 0.05) is 64.7 Å². The first-order valence-electron chi connectivity index (χ1n) is 42.2. The molecule has 5 heterocycles. The first kappa shape index (κ1) is 105. The number of fused-ring (bicyclic) bond motifs is 10. The van der Waals surface area contributed by atoms with Gasteiger partial charge in [0.25, 0.3) is 0 Å². The predicted molar refractivity (Wildman–Crippen MR) is 637 cm³/mol. The molecule has 0 radical (unpaired) electrons. The van der Waals surface area contributed by atoms with Gasteiger partial charge in [0.15, 0.2) is 11.6 Å². The zero-order valence-corrected chi connectivity index (χ0v) is 102. The number of rotatable bonds is 15. The molecule has 6 aliphatic rings. The fourth-order valence-electron chi connectivity index (χ4n) is 18.4. The van der Waals surface area contributed by atoms with Gasteiger partial charge in [-0.25, -0.2) is 16.8 Å². The molecular weight excluding hydrogens is 2230 g/mol. The summed E-state index contributed by atoms with van der Waals surface area (Å²) >= 11 is 6.51. The minimum Gasteiger partial charge on any atom is -0.399 e. The summed E-state index contributed by atoms with van der Waals surface area (Å²) in [6, 6.07) is 96.9. The second kappa shape index (κ2) is 42.3. The Morgan fingerprint density at radius 3 is 0.895 bits per heavy atom. The van der Waals surface area contributed by atoms with E-state index in [-0.39, 0.29) is 164 Å². The Hall–Kier alpha value is -0.895. The summed E-state index contributed by atoms with van der Waals surface area (Å²) in [5, 5.41) is 0. The molecule has 133 heavy (non-hydrogen) atoms. The Morgan fingerprint density at radius 2 is 0.571 bits per heavy atom. The fourth-order valence-corrected chi connectivity index (χ4v) is 295. The van der Waals surface area contributed by atoms with Gasteiger partial charge >= 0.3 is 7.12 Å². The Morgan fingerprint density at radius 1 is 0.308 bits per heavy atom. The minimum absolute atomic E-state index is 0.00720. The Bertz CT molecular complexity index is 6440. The average Bonchev–Trinajstić information content (AvgIpc) is 1.62. The van der Waals surface area contributed by atoms with Crippen LogP contribution in [0.4, 0.5) is 34.1 Å². The van der Waals surface area contributed by atoms with Crippen molar-refractivity contribution in [2.45, 2.75) is 122 Å². The zero-order chi connectivity index (χ0) is 95.4. The first-order chi connectivity index (χ1) is 62.9. The molecule has 37 heteroatoms. The second-order valence-electron chi connectivity index (χ2n) is 35.3. The van der Waals surface area contributed by atoms with Crippen molar-refractivity contribution in [3.63, 3.8) is 0 Å². The summed E-state index contributed by atoms with van der Waals surface area (Å²) in [7, 11) is 30.3. The molecule has 13 aromatic rings. The third-order valence-corrected chi connectivity index (χ3v) is 168. The number of ketones is 2. The molecule has 1 saturated heterocycles. The molecule has 5 aliphatic heterocycles. The number of halogens is 2. The standard InChI is InChI=1S/C56H43NO3S.C27H30BNO2.C13H6Br2O3S.H24P22/c1-55(2)45-15-7-5-13-41(45)53(42-14-6-8-16-46(42)55)37-23-21-35(22-24-37)38-27-31-51-43(33-38)54(58)44-34-39(28-32-52(44)61(51,59)60)36-25-29-40(30-26-36)57-49-19-11-9-17-47(49)56(3,4)48-18-10-12-20-50(48)57;1-25(2)21-11-7-9-13-23(21)29(24-14-10-8-12-22(24)25)20-17-15-19(16-18-20)28-30-26(3,4)27(5,6)31-28;14-7-1-3-11-9(5-7)13(16)10-6-8(15)2-4-12(10)19(11,17)18;1-13(2)19(14(3)4)22(20(15(5)6)16(7)8)21(17(9)10)18(11)12/h5-34,53H,1-4H3;7-18H,1-6H3;1-6H;1-12H2. The topological polar surface area (TPSA) is 127 Å². The van der Waals surface area contributed by atoms with Gasteiger partial charge in [-0.3, -0.25) is 9.59 Å². The molecule has 0 spiro atoms. The van der Waals surface area contributed by atoms with E-state index in [0.29, 0.717) is 8.95 Å². The maximum atomic E-state index is 14.4. The highest BCUT2D eigenvalue weighted by molar-refractivity contribution is 9.38. The van der Waals surface area contributed by atoms with E-state index in [0.717, 1.165) is 50.5 Å². The summed E-state index contributed by atoms with van der Waals surface area (Å²) in [4.78, 5) is 31.7. The molecule has 0 aromatic heterocycles. The molecule has 10 nitrogen and oxygen atoms in total. The van der Waals surface area contributed by atoms with E-state index >= 15 is 0 Å². The Labute approximate surface area is 840 Å². The van der Waals surface area contributed by atoms with Crippen molar-refractivity contribution >= 4 is 287 Å². The number of carbonyl (C=O) groups is 2. The molecular formula is C96H103BBr2N2O8P22S2. The van der Waals surface area contributed by atoms with Crippen LogP contribution >= 0.6 is 209 Å². The highest BCUT2D eigenvalue weighted by Crippen LogP contribution is 3.33. The lowest BCUT2D eigenvalue weighted by Gasteiger charge is -2.47. The van der Waals surface area contributed by atoms with Crippen LogP contribution in [0.15, 0.2) is 320 Å². The molecule has 0 saturated carbocycles. The van der Waals surface area contributed by atoms with Crippen molar-refractivity contribution in [2.75, 3.05) is 9.80 Å². The highest BCUT2D eigenvalue weighted by atomic mass is 79.9. The van der Waals surface area contributed by atoms with Gasteiger partial charge in [-0.1, -0.05) is 255 Å². The lowest BCUT2D eigenvalue weighted by Crippen LogP contribution is -2.41. The minimum atomic E-state index is -3.93. The van der Waals surface area contributed by atoms with Gasteiger partial charge in [0.1, 0.15) is 0 Å². The van der Waals surface area contributed by atoms with Crippen LogP contribution in [-0.4, -0.2) is 46.7 Å². The van der Waals surface area contributed by atoms with Crippen molar-refractivity contribution < 1.29 is 35.7 Å². The average molecular weight is 2330 g/mol. The van der Waals surface area contributed by atoms with Gasteiger partial charge in [-0.2, -0.15) is 0 Å². The van der Waals surface area contributed by atoms with Gasteiger partial charge in [0.05, 0.1) is 53.5 Å². The van der Waals surface area contributed by atoms with Crippen molar-refractivity contribution in [3.05, 3.63) is 372 Å². The Balaban J connectivity index is 0.000000148. The van der Waals surface area contributed by atoms with E-state index in [1.165, 1.54) is 73.6 Å². The monoisotopic (exact) mass is 2330 g/mol. The van der Waals surface area contributed by atoms with E-state index in [2.05, 4.69) is 424 Å². The number of benzene rings is 13. The van der Waals surface area contributed by atoms with Crippen LogP contribution in [0, 0.1) is 0 Å². The molecule has 12 atom stereocenters. The van der Waals surface area contributed by atoms with E-state index in [1.54, 1.807) is 54.6 Å². The third kappa shape index (κ3) is 20.5. The number of hydrogen-bond donors (Lipinski definition) is 0. The maximum Gasteiger partial charge on any atom is 0.494 e. The lowest BCUT2D eigenvalue weighted by atomic mass is 9.64. The number of anilines is 6. The smallest absolute Gasteiger partial charge is 0.399 e. The van der Waals surface area contributed by atoms with Crippen molar-refractivity contribution in [3.8, 4) is 22.3 Å². The molecule has 0 bridgehead atoms. The number of sulfone groups is 2. The fraction of sp³-hybridized carbons (Fsp3) is 0.167. The number of hydrogen-bond acceptors (Lipinski definition) is 10. The summed E-state index contributed by atoms with van der Waals surface area (Å²) < 4.78 is 67.0. The molecule has 19 rings (SSSR count). The van der Waals surface area contributed by atoms with Crippen LogP contribution in [0.3, 0.4) is 0 Å². The molecule has 13 aromatic carbocycles. The molecule has 684 valence electrons. The molecule has 0 N–H and O–H groups in total. The van der Waals surface area contributed by atoms with Gasteiger partial charge < -0.3 is 19.1 Å². The van der Waals surface area contributed by atoms with Crippen LogP contribution < -0.4 is 15.3 Å².